The minimum absolute atomic E-state index is 0.0268. The summed E-state index contributed by atoms with van der Waals surface area (Å²) in [6.07, 6.45) is -4.10. The zero-order valence-corrected chi connectivity index (χ0v) is 22.8. The number of hydrogen-bond donors (Lipinski definition) is 1. The number of para-hydroxylation sites is 1. The van der Waals surface area contributed by atoms with Gasteiger partial charge in [-0.15, -0.1) is 0 Å². The van der Waals surface area contributed by atoms with Crippen LogP contribution in [0, 0.1) is 13.8 Å². The van der Waals surface area contributed by atoms with Crippen LogP contribution in [0.25, 0.3) is 28.0 Å². The van der Waals surface area contributed by atoms with Gasteiger partial charge in [-0.05, 0) is 75.4 Å². The Labute approximate surface area is 238 Å². The zero-order chi connectivity index (χ0) is 30.2. The van der Waals surface area contributed by atoms with Gasteiger partial charge in [-0.2, -0.15) is 22.9 Å². The second-order valence-electron chi connectivity index (χ2n) is 9.65. The van der Waals surface area contributed by atoms with Crippen molar-refractivity contribution >= 4 is 23.1 Å². The first-order valence-electron chi connectivity index (χ1n) is 12.9. The average Bonchev–Trinajstić information content (AvgIpc) is 3.24. The molecule has 0 spiro atoms. The molecule has 8 nitrogen and oxygen atoms in total. The highest BCUT2D eigenvalue weighted by atomic mass is 19.4. The maximum atomic E-state index is 13.5. The van der Waals surface area contributed by atoms with Crippen LogP contribution in [0.15, 0.2) is 88.8 Å². The molecule has 214 valence electrons. The highest BCUT2D eigenvalue weighted by Gasteiger charge is 2.31. The van der Waals surface area contributed by atoms with Gasteiger partial charge >= 0.3 is 12.1 Å². The Morgan fingerprint density at radius 1 is 1.02 bits per heavy atom. The number of carbonyl (C=O) groups is 1. The van der Waals surface area contributed by atoms with Crippen LogP contribution in [-0.4, -0.2) is 37.6 Å². The lowest BCUT2D eigenvalue weighted by molar-refractivity contribution is -0.144. The van der Waals surface area contributed by atoms with Gasteiger partial charge in [0.15, 0.2) is 11.9 Å². The predicted octanol–water partition coefficient (Wildman–Crippen LogP) is 6.22. The van der Waals surface area contributed by atoms with Gasteiger partial charge in [0.2, 0.25) is 0 Å². The molecule has 2 heterocycles. The lowest BCUT2D eigenvalue weighted by Crippen LogP contribution is -2.22. The molecular weight excluding hydrogens is 549 g/mol. The summed E-state index contributed by atoms with van der Waals surface area (Å²) < 4.78 is 48.8. The monoisotopic (exact) mass is 574 g/mol. The molecule has 0 unspecified atom stereocenters. The molecule has 5 aromatic rings. The predicted molar refractivity (Wildman–Crippen MR) is 152 cm³/mol. The largest absolute Gasteiger partial charge is 0.479 e. The Bertz CT molecular complexity index is 1890. The molecule has 5 rings (SSSR count). The lowest BCUT2D eigenvalue weighted by Gasteiger charge is -2.13. The third-order valence-corrected chi connectivity index (χ3v) is 6.74. The maximum Gasteiger partial charge on any atom is 0.416 e. The average molecular weight is 575 g/mol. The second-order valence-corrected chi connectivity index (χ2v) is 9.65. The smallest absolute Gasteiger partial charge is 0.416 e. The van der Waals surface area contributed by atoms with E-state index in [1.165, 1.54) is 25.3 Å². The number of ether oxygens (including phenoxy) is 1. The van der Waals surface area contributed by atoms with Gasteiger partial charge in [-0.1, -0.05) is 24.3 Å². The fraction of sp³-hybridized carbons (Fsp3) is 0.161. The van der Waals surface area contributed by atoms with E-state index >= 15 is 0 Å². The van der Waals surface area contributed by atoms with Crippen LogP contribution >= 0.6 is 0 Å². The summed E-state index contributed by atoms with van der Waals surface area (Å²) in [5, 5.41) is 13.8. The molecule has 1 atom stereocenters. The van der Waals surface area contributed by atoms with E-state index in [1.807, 2.05) is 24.5 Å². The van der Waals surface area contributed by atoms with Crippen LogP contribution in [-0.2, 0) is 11.0 Å². The summed E-state index contributed by atoms with van der Waals surface area (Å²) in [5.74, 6) is -0.693. The molecule has 0 aliphatic rings. The summed E-state index contributed by atoms with van der Waals surface area (Å²) in [7, 11) is 0. The lowest BCUT2D eigenvalue weighted by atomic mass is 10.1. The number of aryl methyl sites for hydroxylation is 1. The third kappa shape index (κ3) is 5.53. The van der Waals surface area contributed by atoms with Crippen molar-refractivity contribution in [1.82, 2.24) is 14.2 Å². The number of hydrogen-bond acceptors (Lipinski definition) is 5. The second kappa shape index (κ2) is 11.0. The van der Waals surface area contributed by atoms with E-state index in [2.05, 4.69) is 10.1 Å². The van der Waals surface area contributed by atoms with Crippen molar-refractivity contribution < 1.29 is 27.8 Å². The number of alkyl halides is 3. The van der Waals surface area contributed by atoms with Crippen LogP contribution < -0.4 is 10.3 Å². The first-order valence-corrected chi connectivity index (χ1v) is 12.9. The van der Waals surface area contributed by atoms with Crippen LogP contribution in [0.3, 0.4) is 0 Å². The van der Waals surface area contributed by atoms with Crippen LogP contribution in [0.5, 0.6) is 5.75 Å². The molecule has 42 heavy (non-hydrogen) atoms. The third-order valence-electron chi connectivity index (χ3n) is 6.74. The Kier molecular flexibility index (Phi) is 7.42. The summed E-state index contributed by atoms with van der Waals surface area (Å²) in [5.41, 5.74) is 2.13. The summed E-state index contributed by atoms with van der Waals surface area (Å²) >= 11 is 0. The molecule has 0 aliphatic heterocycles. The Hall–Kier alpha value is -5.19. The molecule has 0 amide bonds. The molecule has 0 bridgehead atoms. The first-order chi connectivity index (χ1) is 19.9. The summed E-state index contributed by atoms with van der Waals surface area (Å²) in [6, 6.07) is 20.0. The molecule has 2 aromatic heterocycles. The van der Waals surface area contributed by atoms with Gasteiger partial charge < -0.3 is 14.4 Å². The van der Waals surface area contributed by atoms with Gasteiger partial charge in [0.25, 0.3) is 5.56 Å². The molecule has 0 radical (unpaired) electrons. The Morgan fingerprint density at radius 3 is 2.43 bits per heavy atom. The van der Waals surface area contributed by atoms with Crippen molar-refractivity contribution in [1.29, 1.82) is 0 Å². The van der Waals surface area contributed by atoms with Gasteiger partial charge in [0.1, 0.15) is 5.75 Å². The number of aromatic nitrogens is 3. The quantitative estimate of drug-likeness (QED) is 0.233. The van der Waals surface area contributed by atoms with Crippen molar-refractivity contribution in [2.45, 2.75) is 33.1 Å². The standard InChI is InChI=1S/C31H25F3N4O4/c1-18-15-22(19(2)37(18)24-11-13-25(14-12-24)42-20(3)30(40)41)17-35-38-28(21-7-6-8-23(16-21)31(32,33)34)36-27-10-5-4-9-26(27)29(38)39/h4-17,20H,1-3H3,(H,40,41)/t20-/m1/s1. The van der Waals surface area contributed by atoms with Crippen molar-refractivity contribution in [2.24, 2.45) is 5.10 Å². The normalized spacial score (nSPS) is 12.6. The molecule has 0 saturated heterocycles. The molecular formula is C31H25F3N4O4. The van der Waals surface area contributed by atoms with Crippen LogP contribution in [0.4, 0.5) is 13.2 Å². The SMILES string of the molecule is Cc1cc(C=Nn2c(-c3cccc(C(F)(F)F)c3)nc3ccccc3c2=O)c(C)n1-c1ccc(O[C@H](C)C(=O)O)cc1. The number of nitrogens with zero attached hydrogens (tertiary/aromatic N) is 4. The topological polar surface area (TPSA) is 98.7 Å². The summed E-state index contributed by atoms with van der Waals surface area (Å²) in [4.78, 5) is 29.1. The number of carboxylic acids is 1. The van der Waals surface area contributed by atoms with Crippen molar-refractivity contribution in [3.8, 4) is 22.8 Å². The fourth-order valence-electron chi connectivity index (χ4n) is 4.62. The van der Waals surface area contributed by atoms with E-state index in [0.717, 1.165) is 33.9 Å². The first kappa shape index (κ1) is 28.3. The van der Waals surface area contributed by atoms with E-state index in [9.17, 15) is 22.8 Å². The minimum Gasteiger partial charge on any atom is -0.479 e. The number of aliphatic carboxylic acids is 1. The van der Waals surface area contributed by atoms with E-state index in [4.69, 9.17) is 9.84 Å². The van der Waals surface area contributed by atoms with Crippen molar-refractivity contribution in [3.05, 3.63) is 112 Å². The molecule has 3 aromatic carbocycles. The maximum absolute atomic E-state index is 13.5. The fourth-order valence-corrected chi connectivity index (χ4v) is 4.62. The van der Waals surface area contributed by atoms with E-state index in [1.54, 1.807) is 48.5 Å². The molecule has 0 fully saturated rings. The summed E-state index contributed by atoms with van der Waals surface area (Å²) in [6.45, 7) is 5.19. The van der Waals surface area contributed by atoms with E-state index in [-0.39, 0.29) is 16.8 Å². The van der Waals surface area contributed by atoms with E-state index in [0.29, 0.717) is 16.8 Å². The highest BCUT2D eigenvalue weighted by Crippen LogP contribution is 2.32. The highest BCUT2D eigenvalue weighted by molar-refractivity contribution is 5.83. The number of fused-ring (bicyclic) bond motifs is 1. The van der Waals surface area contributed by atoms with Crippen LogP contribution in [0.2, 0.25) is 0 Å². The number of halogens is 3. The number of rotatable bonds is 7. The van der Waals surface area contributed by atoms with Crippen LogP contribution in [0.1, 0.15) is 29.4 Å². The molecule has 1 N–H and O–H groups in total. The van der Waals surface area contributed by atoms with Gasteiger partial charge in [-0.3, -0.25) is 4.79 Å². The van der Waals surface area contributed by atoms with Crippen molar-refractivity contribution in [2.75, 3.05) is 0 Å². The van der Waals surface area contributed by atoms with E-state index < -0.39 is 29.4 Å². The zero-order valence-electron chi connectivity index (χ0n) is 22.8. The van der Waals surface area contributed by atoms with Gasteiger partial charge in [-0.25, -0.2) is 9.78 Å². The molecule has 0 saturated carbocycles. The number of carboxylic acid groups (broad SMARTS) is 1. The van der Waals surface area contributed by atoms with Gasteiger partial charge in [0.05, 0.1) is 22.7 Å². The molecule has 11 heteroatoms. The molecule has 0 aliphatic carbocycles. The Balaban J connectivity index is 1.56. The Morgan fingerprint density at radius 2 is 1.74 bits per heavy atom. The van der Waals surface area contributed by atoms with Gasteiger partial charge in [0, 0.05) is 28.2 Å². The van der Waals surface area contributed by atoms with Crippen molar-refractivity contribution in [3.63, 3.8) is 0 Å². The minimum atomic E-state index is -4.57. The number of benzene rings is 3.